The zero-order valence-corrected chi connectivity index (χ0v) is 11.6. The maximum Gasteiger partial charge on any atom is 0.254 e. The van der Waals surface area contributed by atoms with E-state index in [0.29, 0.717) is 5.57 Å². The fraction of sp³-hybridized carbons (Fsp3) is 0.357. The van der Waals surface area contributed by atoms with Crippen molar-refractivity contribution in [2.24, 2.45) is 5.73 Å². The largest absolute Gasteiger partial charge is 0.398 e. The van der Waals surface area contributed by atoms with Gasteiger partial charge in [0.25, 0.3) is 5.91 Å². The molecule has 0 saturated carbocycles. The summed E-state index contributed by atoms with van der Waals surface area (Å²) in [7, 11) is 0. The van der Waals surface area contributed by atoms with Gasteiger partial charge in [-0.2, -0.15) is 0 Å². The number of likely N-dealkylation sites (tertiary alicyclic amines) is 1. The number of halogens is 1. The first-order valence-corrected chi connectivity index (χ1v) is 6.47. The van der Waals surface area contributed by atoms with Crippen LogP contribution in [0.15, 0.2) is 35.3 Å². The molecule has 0 radical (unpaired) electrons. The van der Waals surface area contributed by atoms with Crippen LogP contribution in [0.3, 0.4) is 0 Å². The average Bonchev–Trinajstić information content (AvgIpc) is 2.66. The zero-order chi connectivity index (χ0) is 15.7. The maximum atomic E-state index is 12.9. The molecule has 7 heteroatoms. The van der Waals surface area contributed by atoms with Gasteiger partial charge in [-0.15, -0.1) is 0 Å². The fourth-order valence-corrected chi connectivity index (χ4v) is 2.44. The molecule has 2 saturated heterocycles. The minimum atomic E-state index is -0.729. The Balaban J connectivity index is 2.27. The molecule has 2 heterocycles. The molecule has 0 unspecified atom stereocenters. The number of rotatable bonds is 2. The molecule has 21 heavy (non-hydrogen) atoms. The summed E-state index contributed by atoms with van der Waals surface area (Å²) in [5.41, 5.74) is 6.42. The van der Waals surface area contributed by atoms with Crippen molar-refractivity contribution in [2.45, 2.75) is 25.8 Å². The third-order valence-electron chi connectivity index (χ3n) is 3.50. The Morgan fingerprint density at radius 2 is 2.14 bits per heavy atom. The summed E-state index contributed by atoms with van der Waals surface area (Å²) in [4.78, 5) is 36.5. The monoisotopic (exact) mass is 293 g/mol. The molecule has 2 rings (SSSR count). The minimum absolute atomic E-state index is 0.0829. The number of carbonyl (C=O) groups excluding carboxylic acids is 3. The number of carbonyl (C=O) groups is 3. The van der Waals surface area contributed by atoms with Crippen molar-refractivity contribution in [1.29, 1.82) is 0 Å². The molecule has 6 nitrogen and oxygen atoms in total. The van der Waals surface area contributed by atoms with Gasteiger partial charge in [-0.1, -0.05) is 6.58 Å². The smallest absolute Gasteiger partial charge is 0.254 e. The van der Waals surface area contributed by atoms with Gasteiger partial charge in [-0.25, -0.2) is 4.39 Å². The second kappa shape index (κ2) is 5.51. The van der Waals surface area contributed by atoms with Gasteiger partial charge in [-0.05, 0) is 19.4 Å². The van der Waals surface area contributed by atoms with Crippen molar-refractivity contribution in [3.63, 3.8) is 0 Å². The van der Waals surface area contributed by atoms with E-state index in [0.717, 1.165) is 6.08 Å². The lowest BCUT2D eigenvalue weighted by atomic mass is 10.0. The molecule has 3 N–H and O–H groups in total. The lowest BCUT2D eigenvalue weighted by molar-refractivity contribution is -0.142. The van der Waals surface area contributed by atoms with Crippen molar-refractivity contribution in [1.82, 2.24) is 10.2 Å². The van der Waals surface area contributed by atoms with Crippen LogP contribution in [0.4, 0.5) is 4.39 Å². The molecule has 0 aromatic rings. The summed E-state index contributed by atoms with van der Waals surface area (Å²) in [5.74, 6) is -1.77. The molecule has 0 bridgehead atoms. The highest BCUT2D eigenvalue weighted by atomic mass is 19.1. The second-order valence-electron chi connectivity index (χ2n) is 5.04. The lowest BCUT2D eigenvalue weighted by Crippen LogP contribution is -2.52. The van der Waals surface area contributed by atoms with Gasteiger partial charge in [-0.3, -0.25) is 19.7 Å². The van der Waals surface area contributed by atoms with Crippen molar-refractivity contribution >= 4 is 17.7 Å². The Labute approximate surface area is 121 Å². The van der Waals surface area contributed by atoms with Crippen LogP contribution in [0.1, 0.15) is 19.8 Å². The van der Waals surface area contributed by atoms with Crippen LogP contribution in [-0.4, -0.2) is 35.2 Å². The molecule has 2 fully saturated rings. The standard InChI is InChI=1S/C14H16FN3O3/c1-7(15)5-10(16)9-6-18(14(21)8(9)2)11-3-4-12(19)17-13(11)20/h5,11H,2-4,6,16H2,1H3,(H,17,19,20)/b7-5+,10-9+/t11-/m0/s1. The normalized spacial score (nSPS) is 26.3. The number of nitrogens with one attached hydrogen (secondary N) is 1. The van der Waals surface area contributed by atoms with Crippen LogP contribution in [0.5, 0.6) is 0 Å². The van der Waals surface area contributed by atoms with Crippen LogP contribution in [-0.2, 0) is 14.4 Å². The quantitative estimate of drug-likeness (QED) is 0.565. The highest BCUT2D eigenvalue weighted by molar-refractivity contribution is 6.06. The molecule has 0 spiro atoms. The number of hydrogen-bond acceptors (Lipinski definition) is 4. The van der Waals surface area contributed by atoms with E-state index in [4.69, 9.17) is 5.73 Å². The second-order valence-corrected chi connectivity index (χ2v) is 5.04. The van der Waals surface area contributed by atoms with E-state index in [1.165, 1.54) is 11.8 Å². The third kappa shape index (κ3) is 2.86. The number of nitrogens with zero attached hydrogens (tertiary/aromatic N) is 1. The van der Waals surface area contributed by atoms with Crippen LogP contribution in [0, 0.1) is 0 Å². The Hall–Kier alpha value is -2.44. The third-order valence-corrected chi connectivity index (χ3v) is 3.50. The van der Waals surface area contributed by atoms with E-state index >= 15 is 0 Å². The molecule has 2 aliphatic heterocycles. The van der Waals surface area contributed by atoms with E-state index in [1.807, 2.05) is 0 Å². The Kier molecular flexibility index (Phi) is 3.93. The van der Waals surface area contributed by atoms with Gasteiger partial charge in [0.15, 0.2) is 0 Å². The molecule has 0 aromatic heterocycles. The van der Waals surface area contributed by atoms with Crippen LogP contribution >= 0.6 is 0 Å². The predicted molar refractivity (Wildman–Crippen MR) is 73.1 cm³/mol. The van der Waals surface area contributed by atoms with E-state index in [2.05, 4.69) is 11.9 Å². The summed E-state index contributed by atoms with van der Waals surface area (Å²) in [6.45, 7) is 4.97. The summed E-state index contributed by atoms with van der Waals surface area (Å²) in [6.07, 6.45) is 1.54. The van der Waals surface area contributed by atoms with Gasteiger partial charge < -0.3 is 10.6 Å². The van der Waals surface area contributed by atoms with E-state index in [9.17, 15) is 18.8 Å². The maximum absolute atomic E-state index is 12.9. The molecule has 112 valence electrons. The van der Waals surface area contributed by atoms with Gasteiger partial charge >= 0.3 is 0 Å². The van der Waals surface area contributed by atoms with Crippen LogP contribution in [0.25, 0.3) is 0 Å². The minimum Gasteiger partial charge on any atom is -0.398 e. The van der Waals surface area contributed by atoms with Crippen molar-refractivity contribution in [2.75, 3.05) is 6.54 Å². The van der Waals surface area contributed by atoms with Crippen LogP contribution < -0.4 is 11.1 Å². The molecular formula is C14H16FN3O3. The zero-order valence-electron chi connectivity index (χ0n) is 11.6. The number of amides is 3. The van der Waals surface area contributed by atoms with E-state index < -0.39 is 23.7 Å². The molecule has 2 aliphatic rings. The van der Waals surface area contributed by atoms with Gasteiger partial charge in [0.1, 0.15) is 6.04 Å². The first-order valence-electron chi connectivity index (χ1n) is 6.47. The van der Waals surface area contributed by atoms with Gasteiger partial charge in [0.05, 0.1) is 5.83 Å². The first kappa shape index (κ1) is 15.0. The molecule has 3 amide bonds. The highest BCUT2D eigenvalue weighted by Gasteiger charge is 2.40. The number of nitrogens with two attached hydrogens (primary N) is 1. The molecule has 1 atom stereocenters. The first-order chi connectivity index (χ1) is 9.81. The van der Waals surface area contributed by atoms with Gasteiger partial charge in [0, 0.05) is 29.8 Å². The van der Waals surface area contributed by atoms with Gasteiger partial charge in [0.2, 0.25) is 11.8 Å². The average molecular weight is 293 g/mol. The number of hydrogen-bond donors (Lipinski definition) is 2. The van der Waals surface area contributed by atoms with Crippen molar-refractivity contribution in [3.05, 3.63) is 35.3 Å². The Bertz CT molecular complexity index is 603. The summed E-state index contributed by atoms with van der Waals surface area (Å²) >= 11 is 0. The number of piperidine rings is 1. The summed E-state index contributed by atoms with van der Waals surface area (Å²) < 4.78 is 12.9. The topological polar surface area (TPSA) is 92.5 Å². The number of allylic oxidation sites excluding steroid dienone is 2. The number of imide groups is 1. The fourth-order valence-electron chi connectivity index (χ4n) is 2.44. The Morgan fingerprint density at radius 1 is 1.48 bits per heavy atom. The lowest BCUT2D eigenvalue weighted by Gasteiger charge is -2.28. The molecular weight excluding hydrogens is 277 g/mol. The SMILES string of the molecule is C=C1C(=O)N([C@H]2CCC(=O)NC2=O)C/C1=C(N)/C=C(\C)F. The van der Waals surface area contributed by atoms with E-state index in [1.54, 1.807) is 0 Å². The highest BCUT2D eigenvalue weighted by Crippen LogP contribution is 2.28. The van der Waals surface area contributed by atoms with E-state index in [-0.39, 0.29) is 36.6 Å². The molecule has 0 aromatic carbocycles. The van der Waals surface area contributed by atoms with Crippen molar-refractivity contribution < 1.29 is 18.8 Å². The summed E-state index contributed by atoms with van der Waals surface area (Å²) in [5, 5.41) is 2.20. The predicted octanol–water partition coefficient (Wildman–Crippen LogP) is 0.276. The molecule has 0 aliphatic carbocycles. The Morgan fingerprint density at radius 3 is 2.71 bits per heavy atom. The van der Waals surface area contributed by atoms with Crippen molar-refractivity contribution in [3.8, 4) is 0 Å². The van der Waals surface area contributed by atoms with Crippen LogP contribution in [0.2, 0.25) is 0 Å². The summed E-state index contributed by atoms with van der Waals surface area (Å²) in [6, 6.07) is -0.729.